The molecule has 10 heteroatoms. The number of hydrogen-bond acceptors (Lipinski definition) is 5. The highest BCUT2D eigenvalue weighted by Gasteiger charge is 2.38. The van der Waals surface area contributed by atoms with Crippen LogP contribution in [-0.4, -0.2) is 49.6 Å². The molecule has 8 nitrogen and oxygen atoms in total. The number of carboxylic acids is 1. The number of carbonyl (C=O) groups excluding carboxylic acids is 1. The highest BCUT2D eigenvalue weighted by Crippen LogP contribution is 2.37. The number of nitrogens with one attached hydrogen (secondary N) is 1. The second-order valence-corrected chi connectivity index (χ2v) is 8.83. The van der Waals surface area contributed by atoms with Crippen LogP contribution in [0.1, 0.15) is 44.8 Å². The maximum atomic E-state index is 15.6. The summed E-state index contributed by atoms with van der Waals surface area (Å²) in [5.41, 5.74) is 0.0321. The van der Waals surface area contributed by atoms with Crippen LogP contribution in [0.15, 0.2) is 60.8 Å². The zero-order valence-electron chi connectivity index (χ0n) is 19.4. The van der Waals surface area contributed by atoms with E-state index in [1.54, 1.807) is 31.2 Å². The summed E-state index contributed by atoms with van der Waals surface area (Å²) in [5.74, 6) is -1.80. The number of nitrogens with zero attached hydrogens (tertiary/aromatic N) is 4. The molecular weight excluding hydrogens is 468 g/mol. The van der Waals surface area contributed by atoms with Gasteiger partial charge >= 0.3 is 5.97 Å². The van der Waals surface area contributed by atoms with Crippen molar-refractivity contribution >= 4 is 29.0 Å². The number of carbonyl (C=O) groups is 2. The van der Waals surface area contributed by atoms with E-state index < -0.39 is 23.4 Å². The number of rotatable bonds is 5. The van der Waals surface area contributed by atoms with Crippen LogP contribution in [0.2, 0.25) is 0 Å². The molecule has 1 saturated heterocycles. The number of aryl methyl sites for hydroxylation is 1. The SMILES string of the molecule is Cc1cc(F)ccc1Nc1cc(C(=O)N2CCC(F)(c3ccccc3)CC2)nc2c(C(=O)O)cnn12. The third kappa shape index (κ3) is 4.26. The van der Waals surface area contributed by atoms with Crippen molar-refractivity contribution in [3.8, 4) is 0 Å². The molecule has 36 heavy (non-hydrogen) atoms. The summed E-state index contributed by atoms with van der Waals surface area (Å²) in [5, 5.41) is 16.8. The number of aromatic nitrogens is 3. The molecule has 0 bridgehead atoms. The number of alkyl halides is 1. The molecule has 5 rings (SSSR count). The Morgan fingerprint density at radius 3 is 2.47 bits per heavy atom. The minimum absolute atomic E-state index is 0.00108. The van der Waals surface area contributed by atoms with Crippen LogP contribution in [0.3, 0.4) is 0 Å². The zero-order chi connectivity index (χ0) is 25.4. The number of amides is 1. The summed E-state index contributed by atoms with van der Waals surface area (Å²) in [6.45, 7) is 2.08. The number of hydrogen-bond donors (Lipinski definition) is 2. The topological polar surface area (TPSA) is 99.8 Å². The summed E-state index contributed by atoms with van der Waals surface area (Å²) in [7, 11) is 0. The van der Waals surface area contributed by atoms with Gasteiger partial charge in [-0.3, -0.25) is 4.79 Å². The molecule has 1 fully saturated rings. The lowest BCUT2D eigenvalue weighted by Gasteiger charge is -2.36. The second-order valence-electron chi connectivity index (χ2n) is 8.83. The molecular formula is C26H23F2N5O3. The highest BCUT2D eigenvalue weighted by atomic mass is 19.1. The molecule has 0 atom stereocenters. The zero-order valence-corrected chi connectivity index (χ0v) is 19.4. The van der Waals surface area contributed by atoms with Gasteiger partial charge in [0.2, 0.25) is 0 Å². The molecule has 184 valence electrons. The Balaban J connectivity index is 1.47. The van der Waals surface area contributed by atoms with Crippen LogP contribution in [0.4, 0.5) is 20.3 Å². The molecule has 1 aliphatic heterocycles. The molecule has 1 amide bonds. The molecule has 2 N–H and O–H groups in total. The van der Waals surface area contributed by atoms with Crippen molar-refractivity contribution in [2.75, 3.05) is 18.4 Å². The van der Waals surface area contributed by atoms with Crippen LogP contribution in [0.25, 0.3) is 5.65 Å². The molecule has 1 aliphatic rings. The third-order valence-electron chi connectivity index (χ3n) is 6.51. The van der Waals surface area contributed by atoms with Gasteiger partial charge in [-0.25, -0.2) is 18.6 Å². The lowest BCUT2D eigenvalue weighted by Crippen LogP contribution is -2.43. The van der Waals surface area contributed by atoms with E-state index in [2.05, 4.69) is 15.4 Å². The van der Waals surface area contributed by atoms with Gasteiger partial charge in [0, 0.05) is 37.7 Å². The van der Waals surface area contributed by atoms with Crippen LogP contribution in [0, 0.1) is 12.7 Å². The first-order chi connectivity index (χ1) is 17.2. The van der Waals surface area contributed by atoms with Crippen LogP contribution < -0.4 is 5.32 Å². The highest BCUT2D eigenvalue weighted by molar-refractivity contribution is 5.97. The Bertz CT molecular complexity index is 1460. The molecule has 4 aromatic rings. The van der Waals surface area contributed by atoms with Crippen molar-refractivity contribution in [3.05, 3.63) is 89.0 Å². The van der Waals surface area contributed by atoms with Gasteiger partial charge in [0.25, 0.3) is 5.91 Å². The van der Waals surface area contributed by atoms with E-state index in [0.29, 0.717) is 16.8 Å². The normalized spacial score (nSPS) is 15.1. The summed E-state index contributed by atoms with van der Waals surface area (Å²) in [6, 6.07) is 14.5. The predicted octanol–water partition coefficient (Wildman–Crippen LogP) is 4.72. The van der Waals surface area contributed by atoms with Crippen molar-refractivity contribution in [1.82, 2.24) is 19.5 Å². The van der Waals surface area contributed by atoms with E-state index in [4.69, 9.17) is 0 Å². The quantitative estimate of drug-likeness (QED) is 0.419. The lowest BCUT2D eigenvalue weighted by atomic mass is 9.86. The lowest BCUT2D eigenvalue weighted by molar-refractivity contribution is 0.0416. The van der Waals surface area contributed by atoms with Crippen LogP contribution in [-0.2, 0) is 5.67 Å². The summed E-state index contributed by atoms with van der Waals surface area (Å²) in [4.78, 5) is 30.9. The van der Waals surface area contributed by atoms with Crippen LogP contribution >= 0.6 is 0 Å². The molecule has 3 heterocycles. The van der Waals surface area contributed by atoms with Gasteiger partial charge < -0.3 is 15.3 Å². The third-order valence-corrected chi connectivity index (χ3v) is 6.51. The van der Waals surface area contributed by atoms with E-state index >= 15 is 4.39 Å². The minimum Gasteiger partial charge on any atom is -0.477 e. The molecule has 0 unspecified atom stereocenters. The number of anilines is 2. The van der Waals surface area contributed by atoms with E-state index in [9.17, 15) is 19.1 Å². The summed E-state index contributed by atoms with van der Waals surface area (Å²) < 4.78 is 30.4. The van der Waals surface area contributed by atoms with Gasteiger partial charge in [0.15, 0.2) is 5.65 Å². The number of carboxylic acid groups (broad SMARTS) is 1. The first-order valence-electron chi connectivity index (χ1n) is 11.4. The largest absolute Gasteiger partial charge is 0.477 e. The van der Waals surface area contributed by atoms with Gasteiger partial charge in [0.05, 0.1) is 6.20 Å². The van der Waals surface area contributed by atoms with Gasteiger partial charge in [-0.15, -0.1) is 0 Å². The van der Waals surface area contributed by atoms with Gasteiger partial charge in [0.1, 0.15) is 28.6 Å². The number of piperidine rings is 1. The molecule has 0 aliphatic carbocycles. The number of likely N-dealkylation sites (tertiary alicyclic amines) is 1. The van der Waals surface area contributed by atoms with Gasteiger partial charge in [-0.05, 0) is 36.2 Å². The van der Waals surface area contributed by atoms with Crippen molar-refractivity contribution in [3.63, 3.8) is 0 Å². The van der Waals surface area contributed by atoms with Gasteiger partial charge in [-0.1, -0.05) is 30.3 Å². The van der Waals surface area contributed by atoms with Gasteiger partial charge in [-0.2, -0.15) is 9.61 Å². The smallest absolute Gasteiger partial charge is 0.341 e. The van der Waals surface area contributed by atoms with Crippen molar-refractivity contribution < 1.29 is 23.5 Å². The Morgan fingerprint density at radius 1 is 1.08 bits per heavy atom. The first-order valence-corrected chi connectivity index (χ1v) is 11.4. The minimum atomic E-state index is -1.52. The Labute approximate surface area is 205 Å². The molecule has 0 radical (unpaired) electrons. The number of halogens is 2. The van der Waals surface area contributed by atoms with E-state index in [1.165, 1.54) is 33.7 Å². The fourth-order valence-corrected chi connectivity index (χ4v) is 4.47. The van der Waals surface area contributed by atoms with E-state index in [-0.39, 0.29) is 48.7 Å². The fourth-order valence-electron chi connectivity index (χ4n) is 4.47. The summed E-state index contributed by atoms with van der Waals surface area (Å²) in [6.07, 6.45) is 1.43. The Hall–Kier alpha value is -4.34. The molecule has 0 saturated carbocycles. The Morgan fingerprint density at radius 2 is 1.81 bits per heavy atom. The van der Waals surface area contributed by atoms with E-state index in [1.807, 2.05) is 6.07 Å². The average Bonchev–Trinajstić information content (AvgIpc) is 3.31. The van der Waals surface area contributed by atoms with Crippen molar-refractivity contribution in [2.24, 2.45) is 0 Å². The Kier molecular flexibility index (Phi) is 5.87. The molecule has 0 spiro atoms. The standard InChI is InChI=1S/C26H23F2N5O3/c1-16-13-18(27)7-8-20(16)30-22-14-21(31-23-19(25(35)36)15-29-33(22)23)24(34)32-11-9-26(28,10-12-32)17-5-3-2-4-6-17/h2-8,13-15,30H,9-12H2,1H3,(H,35,36). The second kappa shape index (κ2) is 9.03. The first kappa shape index (κ1) is 23.4. The monoisotopic (exact) mass is 491 g/mol. The number of aromatic carboxylic acids is 1. The van der Waals surface area contributed by atoms with Crippen LogP contribution in [0.5, 0.6) is 0 Å². The number of benzene rings is 2. The van der Waals surface area contributed by atoms with Crippen molar-refractivity contribution in [1.29, 1.82) is 0 Å². The summed E-state index contributed by atoms with van der Waals surface area (Å²) >= 11 is 0. The fraction of sp³-hybridized carbons (Fsp3) is 0.231. The maximum absolute atomic E-state index is 15.6. The molecule has 2 aromatic carbocycles. The maximum Gasteiger partial charge on any atom is 0.341 e. The average molecular weight is 491 g/mol. The molecule has 2 aromatic heterocycles. The van der Waals surface area contributed by atoms with E-state index in [0.717, 1.165) is 6.20 Å². The predicted molar refractivity (Wildman–Crippen MR) is 129 cm³/mol. The van der Waals surface area contributed by atoms with Crippen molar-refractivity contribution in [2.45, 2.75) is 25.4 Å². The number of fused-ring (bicyclic) bond motifs is 1.